The molecule has 0 spiro atoms. The zero-order chi connectivity index (χ0) is 17.8. The van der Waals surface area contributed by atoms with Crippen LogP contribution < -0.4 is 10.5 Å². The highest BCUT2D eigenvalue weighted by Crippen LogP contribution is 2.23. The molecule has 2 heterocycles. The van der Waals surface area contributed by atoms with E-state index in [1.807, 2.05) is 11.0 Å². The predicted molar refractivity (Wildman–Crippen MR) is 97.7 cm³/mol. The lowest BCUT2D eigenvalue weighted by Crippen LogP contribution is -2.54. The van der Waals surface area contributed by atoms with Crippen LogP contribution >= 0.6 is 0 Å². The maximum Gasteiger partial charge on any atom is 0.264 e. The van der Waals surface area contributed by atoms with Gasteiger partial charge in [0.2, 0.25) is 5.91 Å². The van der Waals surface area contributed by atoms with Crippen molar-refractivity contribution in [1.29, 1.82) is 0 Å². The van der Waals surface area contributed by atoms with E-state index in [-0.39, 0.29) is 17.5 Å². The number of carbonyl (C=O) groups is 1. The normalized spacial score (nSPS) is 17.6. The van der Waals surface area contributed by atoms with Gasteiger partial charge in [0.15, 0.2) is 0 Å². The molecule has 3 rings (SSSR count). The molecule has 25 heavy (non-hydrogen) atoms. The van der Waals surface area contributed by atoms with Gasteiger partial charge in [0.1, 0.15) is 0 Å². The third kappa shape index (κ3) is 4.07. The van der Waals surface area contributed by atoms with E-state index in [0.717, 1.165) is 25.3 Å². The summed E-state index contributed by atoms with van der Waals surface area (Å²) in [6.45, 7) is 6.63. The van der Waals surface area contributed by atoms with Crippen LogP contribution in [0.5, 0.6) is 0 Å². The quantitative estimate of drug-likeness (QED) is 0.921. The summed E-state index contributed by atoms with van der Waals surface area (Å²) < 4.78 is 0. The van der Waals surface area contributed by atoms with Crippen molar-refractivity contribution in [1.82, 2.24) is 15.1 Å². The van der Waals surface area contributed by atoms with Crippen molar-refractivity contribution in [3.63, 3.8) is 0 Å². The Bertz CT molecular complexity index is 782. The van der Waals surface area contributed by atoms with Crippen molar-refractivity contribution in [2.75, 3.05) is 24.5 Å². The highest BCUT2D eigenvalue weighted by molar-refractivity contribution is 5.77. The first-order valence-electron chi connectivity index (χ1n) is 8.69. The van der Waals surface area contributed by atoms with Crippen molar-refractivity contribution in [3.8, 4) is 0 Å². The van der Waals surface area contributed by atoms with Gasteiger partial charge in [-0.25, -0.2) is 5.10 Å². The van der Waals surface area contributed by atoms with Gasteiger partial charge in [-0.3, -0.25) is 9.59 Å². The number of piperazine rings is 1. The molecule has 0 aliphatic carbocycles. The SMILES string of the molecule is Cc1ccccc1N1CCN(C(=O)CCc2ccc(=O)[nH]n2)C(C)C1. The number of nitrogens with one attached hydrogen (secondary N) is 1. The summed E-state index contributed by atoms with van der Waals surface area (Å²) in [7, 11) is 0. The minimum atomic E-state index is -0.226. The molecule has 6 nitrogen and oxygen atoms in total. The van der Waals surface area contributed by atoms with E-state index in [2.05, 4.69) is 47.1 Å². The van der Waals surface area contributed by atoms with Gasteiger partial charge in [-0.15, -0.1) is 0 Å². The molecule has 132 valence electrons. The molecule has 2 aromatic rings. The van der Waals surface area contributed by atoms with Gasteiger partial charge in [-0.2, -0.15) is 5.10 Å². The molecule has 1 aromatic heterocycles. The highest BCUT2D eigenvalue weighted by atomic mass is 16.2. The largest absolute Gasteiger partial charge is 0.367 e. The van der Waals surface area contributed by atoms with E-state index in [9.17, 15) is 9.59 Å². The molecule has 0 bridgehead atoms. The molecule has 1 aliphatic heterocycles. The van der Waals surface area contributed by atoms with Crippen molar-refractivity contribution in [2.24, 2.45) is 0 Å². The van der Waals surface area contributed by atoms with E-state index in [1.165, 1.54) is 17.3 Å². The number of para-hydroxylation sites is 1. The second kappa shape index (κ2) is 7.51. The Morgan fingerprint density at radius 2 is 2.04 bits per heavy atom. The number of aromatic nitrogens is 2. The van der Waals surface area contributed by atoms with Gasteiger partial charge < -0.3 is 9.80 Å². The number of H-pyrrole nitrogens is 1. The van der Waals surface area contributed by atoms with Crippen molar-refractivity contribution >= 4 is 11.6 Å². The number of anilines is 1. The third-order valence-corrected chi connectivity index (χ3v) is 4.74. The van der Waals surface area contributed by atoms with Crippen LogP contribution in [-0.4, -0.2) is 46.7 Å². The summed E-state index contributed by atoms with van der Waals surface area (Å²) in [5.74, 6) is 0.143. The fourth-order valence-corrected chi connectivity index (χ4v) is 3.36. The molecule has 1 unspecified atom stereocenters. The summed E-state index contributed by atoms with van der Waals surface area (Å²) in [6, 6.07) is 11.6. The highest BCUT2D eigenvalue weighted by Gasteiger charge is 2.27. The average Bonchev–Trinajstić information content (AvgIpc) is 2.61. The standard InChI is InChI=1S/C19H24N4O2/c1-14-5-3-4-6-17(14)22-11-12-23(15(2)13-22)19(25)10-8-16-7-9-18(24)21-20-16/h3-7,9,15H,8,10-13H2,1-2H3,(H,21,24). The smallest absolute Gasteiger partial charge is 0.264 e. The second-order valence-corrected chi connectivity index (χ2v) is 6.58. The first-order valence-corrected chi connectivity index (χ1v) is 8.69. The van der Waals surface area contributed by atoms with E-state index in [1.54, 1.807) is 6.07 Å². The number of carbonyl (C=O) groups excluding carboxylic acids is 1. The summed E-state index contributed by atoms with van der Waals surface area (Å²) in [5, 5.41) is 6.36. The van der Waals surface area contributed by atoms with E-state index in [4.69, 9.17) is 0 Å². The number of aryl methyl sites for hydroxylation is 2. The van der Waals surface area contributed by atoms with E-state index in [0.29, 0.717) is 12.8 Å². The van der Waals surface area contributed by atoms with Crippen LogP contribution in [0.3, 0.4) is 0 Å². The molecule has 1 amide bonds. The molecule has 1 fully saturated rings. The summed E-state index contributed by atoms with van der Waals surface area (Å²) in [5.41, 5.74) is 3.02. The molecular weight excluding hydrogens is 316 g/mol. The average molecular weight is 340 g/mol. The number of hydrogen-bond acceptors (Lipinski definition) is 4. The number of benzene rings is 1. The fourth-order valence-electron chi connectivity index (χ4n) is 3.36. The predicted octanol–water partition coefficient (Wildman–Crippen LogP) is 1.75. The number of amides is 1. The topological polar surface area (TPSA) is 69.3 Å². The lowest BCUT2D eigenvalue weighted by molar-refractivity contribution is -0.133. The minimum Gasteiger partial charge on any atom is -0.367 e. The summed E-state index contributed by atoms with van der Waals surface area (Å²) >= 11 is 0. The Kier molecular flexibility index (Phi) is 5.16. The maximum absolute atomic E-state index is 12.6. The molecule has 0 radical (unpaired) electrons. The number of aromatic amines is 1. The Balaban J connectivity index is 1.57. The minimum absolute atomic E-state index is 0.143. The van der Waals surface area contributed by atoms with Crippen molar-refractivity contribution in [3.05, 3.63) is 58.0 Å². The maximum atomic E-state index is 12.6. The Morgan fingerprint density at radius 1 is 1.24 bits per heavy atom. The van der Waals surface area contributed by atoms with Crippen LogP contribution in [0.2, 0.25) is 0 Å². The Labute approximate surface area is 147 Å². The zero-order valence-electron chi connectivity index (χ0n) is 14.7. The summed E-state index contributed by atoms with van der Waals surface area (Å²) in [4.78, 5) is 27.9. The van der Waals surface area contributed by atoms with E-state index < -0.39 is 0 Å². The van der Waals surface area contributed by atoms with Crippen LogP contribution in [0.25, 0.3) is 0 Å². The fraction of sp³-hybridized carbons (Fsp3) is 0.421. The molecule has 1 atom stereocenters. The number of hydrogen-bond donors (Lipinski definition) is 1. The molecule has 1 saturated heterocycles. The monoisotopic (exact) mass is 340 g/mol. The van der Waals surface area contributed by atoms with Gasteiger partial charge in [0.05, 0.1) is 5.69 Å². The van der Waals surface area contributed by atoms with E-state index >= 15 is 0 Å². The van der Waals surface area contributed by atoms with Crippen LogP contribution in [0.1, 0.15) is 24.6 Å². The first kappa shape index (κ1) is 17.2. The first-order chi connectivity index (χ1) is 12.0. The van der Waals surface area contributed by atoms with Gasteiger partial charge in [0.25, 0.3) is 5.56 Å². The van der Waals surface area contributed by atoms with Crippen LogP contribution in [0.15, 0.2) is 41.2 Å². The van der Waals surface area contributed by atoms with Crippen LogP contribution in [0.4, 0.5) is 5.69 Å². The molecule has 1 aliphatic rings. The van der Waals surface area contributed by atoms with Crippen molar-refractivity contribution < 1.29 is 4.79 Å². The molecule has 6 heteroatoms. The van der Waals surface area contributed by atoms with Crippen LogP contribution in [-0.2, 0) is 11.2 Å². The lowest BCUT2D eigenvalue weighted by Gasteiger charge is -2.41. The van der Waals surface area contributed by atoms with Gasteiger partial charge in [0, 0.05) is 50.3 Å². The molecule has 1 aromatic carbocycles. The van der Waals surface area contributed by atoms with Gasteiger partial charge in [-0.05, 0) is 31.5 Å². The van der Waals surface area contributed by atoms with Crippen LogP contribution in [0, 0.1) is 6.92 Å². The number of rotatable bonds is 4. The molecule has 1 N–H and O–H groups in total. The summed E-state index contributed by atoms with van der Waals surface area (Å²) in [6.07, 6.45) is 0.952. The molecular formula is C19H24N4O2. The lowest BCUT2D eigenvalue weighted by atomic mass is 10.1. The Hall–Kier alpha value is -2.63. The Morgan fingerprint density at radius 3 is 2.72 bits per heavy atom. The number of nitrogens with zero attached hydrogens (tertiary/aromatic N) is 3. The van der Waals surface area contributed by atoms with Crippen molar-refractivity contribution in [2.45, 2.75) is 32.7 Å². The molecule has 0 saturated carbocycles. The van der Waals surface area contributed by atoms with Gasteiger partial charge in [-0.1, -0.05) is 18.2 Å². The third-order valence-electron chi connectivity index (χ3n) is 4.74. The zero-order valence-corrected chi connectivity index (χ0v) is 14.7. The second-order valence-electron chi connectivity index (χ2n) is 6.58. The van der Waals surface area contributed by atoms with Gasteiger partial charge >= 0.3 is 0 Å².